The number of hydrogen-bond donors (Lipinski definition) is 2. The minimum Gasteiger partial charge on any atom is -0.504 e. The summed E-state index contributed by atoms with van der Waals surface area (Å²) in [5, 5.41) is 26.0. The number of benzene rings is 1. The van der Waals surface area contributed by atoms with Crippen molar-refractivity contribution in [1.82, 2.24) is 0 Å². The predicted molar refractivity (Wildman–Crippen MR) is 48.4 cm³/mol. The number of nitriles is 1. The third kappa shape index (κ3) is 1.12. The molecule has 0 aliphatic carbocycles. The highest BCUT2D eigenvalue weighted by molar-refractivity contribution is 5.82. The average molecular weight is 186 g/mol. The smallest absolute Gasteiger partial charge is 0.230 e. The Morgan fingerprint density at radius 2 is 2.21 bits per heavy atom. The van der Waals surface area contributed by atoms with E-state index >= 15 is 0 Å². The summed E-state index contributed by atoms with van der Waals surface area (Å²) in [5.41, 5.74) is 0.154. The maximum atomic E-state index is 9.40. The highest BCUT2D eigenvalue weighted by Crippen LogP contribution is 2.22. The van der Waals surface area contributed by atoms with Crippen LogP contribution in [-0.4, -0.2) is 5.11 Å². The molecule has 0 radical (unpaired) electrons. The van der Waals surface area contributed by atoms with Crippen LogP contribution in [0.4, 0.5) is 0 Å². The fraction of sp³-hybridized carbons (Fsp3) is 0. The number of rotatable bonds is 0. The SMILES string of the molecule is N#Cc1cc2cccc(O)c2oc1=N. The van der Waals surface area contributed by atoms with Crippen molar-refractivity contribution in [2.24, 2.45) is 0 Å². The lowest BCUT2D eigenvalue weighted by Gasteiger charge is -1.99. The van der Waals surface area contributed by atoms with Crippen LogP contribution in [0.2, 0.25) is 0 Å². The number of phenolic OH excluding ortho intramolecular Hbond substituents is 1. The van der Waals surface area contributed by atoms with Crippen LogP contribution in [0.1, 0.15) is 5.56 Å². The zero-order chi connectivity index (χ0) is 10.1. The highest BCUT2D eigenvalue weighted by Gasteiger charge is 2.04. The molecule has 0 amide bonds. The molecule has 0 bridgehead atoms. The summed E-state index contributed by atoms with van der Waals surface area (Å²) in [7, 11) is 0. The van der Waals surface area contributed by atoms with Gasteiger partial charge in [-0.15, -0.1) is 0 Å². The molecule has 14 heavy (non-hydrogen) atoms. The van der Waals surface area contributed by atoms with Gasteiger partial charge in [0.25, 0.3) is 0 Å². The third-order valence-electron chi connectivity index (χ3n) is 1.89. The van der Waals surface area contributed by atoms with E-state index < -0.39 is 0 Å². The number of nitrogens with zero attached hydrogens (tertiary/aromatic N) is 1. The van der Waals surface area contributed by atoms with E-state index in [-0.39, 0.29) is 22.5 Å². The maximum Gasteiger partial charge on any atom is 0.230 e. The second-order valence-corrected chi connectivity index (χ2v) is 2.80. The Bertz CT molecular complexity index is 593. The van der Waals surface area contributed by atoms with Crippen LogP contribution in [0, 0.1) is 16.7 Å². The molecule has 2 N–H and O–H groups in total. The van der Waals surface area contributed by atoms with Crippen molar-refractivity contribution in [2.75, 3.05) is 0 Å². The molecule has 4 heteroatoms. The molecule has 0 spiro atoms. The van der Waals surface area contributed by atoms with Crippen molar-refractivity contribution in [3.63, 3.8) is 0 Å². The molecule has 2 rings (SSSR count). The Morgan fingerprint density at radius 3 is 2.93 bits per heavy atom. The lowest BCUT2D eigenvalue weighted by atomic mass is 10.2. The minimum atomic E-state index is -0.235. The van der Waals surface area contributed by atoms with Crippen molar-refractivity contribution in [1.29, 1.82) is 10.7 Å². The van der Waals surface area contributed by atoms with Crippen molar-refractivity contribution in [3.05, 3.63) is 35.4 Å². The first kappa shape index (κ1) is 8.32. The monoisotopic (exact) mass is 186 g/mol. The van der Waals surface area contributed by atoms with E-state index in [9.17, 15) is 5.11 Å². The van der Waals surface area contributed by atoms with E-state index in [1.165, 1.54) is 12.1 Å². The van der Waals surface area contributed by atoms with Gasteiger partial charge in [-0.05, 0) is 12.1 Å². The second-order valence-electron chi connectivity index (χ2n) is 2.80. The van der Waals surface area contributed by atoms with Crippen molar-refractivity contribution in [2.45, 2.75) is 0 Å². The molecule has 1 heterocycles. The van der Waals surface area contributed by atoms with Crippen LogP contribution in [0.5, 0.6) is 5.75 Å². The van der Waals surface area contributed by atoms with Gasteiger partial charge in [0.1, 0.15) is 11.6 Å². The van der Waals surface area contributed by atoms with E-state index in [1.54, 1.807) is 12.1 Å². The fourth-order valence-corrected chi connectivity index (χ4v) is 1.23. The molecular formula is C10H6N2O2. The lowest BCUT2D eigenvalue weighted by molar-refractivity contribution is 0.451. The van der Waals surface area contributed by atoms with Crippen molar-refractivity contribution >= 4 is 11.0 Å². The predicted octanol–water partition coefficient (Wildman–Crippen LogP) is 1.49. The molecule has 0 saturated heterocycles. The van der Waals surface area contributed by atoms with Crippen molar-refractivity contribution in [3.8, 4) is 11.8 Å². The number of fused-ring (bicyclic) bond motifs is 1. The largest absolute Gasteiger partial charge is 0.504 e. The molecule has 0 fully saturated rings. The Labute approximate surface area is 79.2 Å². The van der Waals surface area contributed by atoms with Gasteiger partial charge >= 0.3 is 0 Å². The van der Waals surface area contributed by atoms with Gasteiger partial charge < -0.3 is 9.52 Å². The number of para-hydroxylation sites is 1. The third-order valence-corrected chi connectivity index (χ3v) is 1.89. The first-order chi connectivity index (χ1) is 6.72. The molecular weight excluding hydrogens is 180 g/mol. The zero-order valence-corrected chi connectivity index (χ0v) is 7.11. The quantitative estimate of drug-likeness (QED) is 0.653. The average Bonchev–Trinajstić information content (AvgIpc) is 2.19. The van der Waals surface area contributed by atoms with E-state index in [2.05, 4.69) is 0 Å². The first-order valence-corrected chi connectivity index (χ1v) is 3.93. The number of hydrogen-bond acceptors (Lipinski definition) is 4. The standard InChI is InChI=1S/C10H6N2O2/c11-5-7-4-6-2-1-3-8(13)9(6)14-10(7)12/h1-4,12-13H. The first-order valence-electron chi connectivity index (χ1n) is 3.93. The van der Waals surface area contributed by atoms with Crippen molar-refractivity contribution < 1.29 is 9.52 Å². The molecule has 0 aliphatic heterocycles. The van der Waals surface area contributed by atoms with E-state index in [4.69, 9.17) is 15.1 Å². The van der Waals surface area contributed by atoms with Gasteiger partial charge in [0, 0.05) is 5.39 Å². The molecule has 0 unspecified atom stereocenters. The van der Waals surface area contributed by atoms with Crippen LogP contribution in [0.15, 0.2) is 28.7 Å². The topological polar surface area (TPSA) is 81.0 Å². The summed E-state index contributed by atoms with van der Waals surface area (Å²) in [4.78, 5) is 0. The second kappa shape index (κ2) is 2.89. The van der Waals surface area contributed by atoms with Gasteiger partial charge in [-0.25, -0.2) is 0 Å². The molecule has 2 aromatic rings. The fourth-order valence-electron chi connectivity index (χ4n) is 1.23. The maximum absolute atomic E-state index is 9.40. The molecule has 0 saturated carbocycles. The van der Waals surface area contributed by atoms with Gasteiger partial charge in [0.2, 0.25) is 5.55 Å². The summed E-state index contributed by atoms with van der Waals surface area (Å²) in [6, 6.07) is 8.19. The number of aromatic hydroxyl groups is 1. The van der Waals surface area contributed by atoms with Crippen LogP contribution in [0.25, 0.3) is 11.0 Å². The van der Waals surface area contributed by atoms with Crippen LogP contribution >= 0.6 is 0 Å². The zero-order valence-electron chi connectivity index (χ0n) is 7.11. The molecule has 0 aliphatic rings. The normalized spacial score (nSPS) is 9.93. The molecule has 0 atom stereocenters. The molecule has 1 aromatic carbocycles. The van der Waals surface area contributed by atoms with Gasteiger partial charge in [-0.1, -0.05) is 12.1 Å². The van der Waals surface area contributed by atoms with Gasteiger partial charge in [-0.2, -0.15) is 5.26 Å². The van der Waals surface area contributed by atoms with E-state index in [1.807, 2.05) is 6.07 Å². The molecule has 4 nitrogen and oxygen atoms in total. The van der Waals surface area contributed by atoms with Crippen LogP contribution in [0.3, 0.4) is 0 Å². The number of nitrogens with one attached hydrogen (secondary N) is 1. The van der Waals surface area contributed by atoms with Gasteiger partial charge in [-0.3, -0.25) is 5.41 Å². The Kier molecular flexibility index (Phi) is 1.72. The Morgan fingerprint density at radius 1 is 1.43 bits per heavy atom. The summed E-state index contributed by atoms with van der Waals surface area (Å²) >= 11 is 0. The Balaban J connectivity index is 2.95. The van der Waals surface area contributed by atoms with Crippen LogP contribution < -0.4 is 5.55 Å². The minimum absolute atomic E-state index is 0.0273. The lowest BCUT2D eigenvalue weighted by Crippen LogP contribution is -2.03. The van der Waals surface area contributed by atoms with E-state index in [0.29, 0.717) is 5.39 Å². The van der Waals surface area contributed by atoms with E-state index in [0.717, 1.165) is 0 Å². The van der Waals surface area contributed by atoms with Gasteiger partial charge in [0.05, 0.1) is 0 Å². The number of phenols is 1. The van der Waals surface area contributed by atoms with Crippen LogP contribution in [-0.2, 0) is 0 Å². The Hall–Kier alpha value is -2.28. The summed E-state index contributed by atoms with van der Waals surface area (Å²) in [6.45, 7) is 0. The highest BCUT2D eigenvalue weighted by atomic mass is 16.4. The summed E-state index contributed by atoms with van der Waals surface area (Å²) in [5.74, 6) is -0.0273. The summed E-state index contributed by atoms with van der Waals surface area (Å²) in [6.07, 6.45) is 0. The molecule has 1 aromatic heterocycles. The summed E-state index contributed by atoms with van der Waals surface area (Å²) < 4.78 is 5.01. The molecule has 68 valence electrons. The van der Waals surface area contributed by atoms with Gasteiger partial charge in [0.15, 0.2) is 11.3 Å².